The van der Waals surface area contributed by atoms with Gasteiger partial charge in [-0.1, -0.05) is 12.1 Å². The summed E-state index contributed by atoms with van der Waals surface area (Å²) in [4.78, 5) is 117. The van der Waals surface area contributed by atoms with E-state index in [0.717, 1.165) is 29.8 Å². The Labute approximate surface area is 515 Å². The largest absolute Gasteiger partial charge is 0.508 e. The fourth-order valence-corrected chi connectivity index (χ4v) is 10.7. The number of carboxylic acids is 3. The number of alkyl halides is 2. The third kappa shape index (κ3) is 25.5. The molecule has 27 nitrogen and oxygen atoms in total. The maximum atomic E-state index is 13.9. The van der Waals surface area contributed by atoms with Gasteiger partial charge in [0.15, 0.2) is 0 Å². The monoisotopic (exact) mass is 1250 g/mol. The number of ether oxygens (including phenoxy) is 1. The Hall–Kier alpha value is -8.17. The number of hydrogen-bond acceptors (Lipinski definition) is 19. The van der Waals surface area contributed by atoms with E-state index in [1.54, 1.807) is 57.3 Å². The highest BCUT2D eigenvalue weighted by molar-refractivity contribution is 6.07. The fraction of sp³-hybridized carbons (Fsp3) is 0.583. The number of aromatic hydroxyl groups is 1. The summed E-state index contributed by atoms with van der Waals surface area (Å²) in [6.45, 7) is 3.56. The highest BCUT2D eigenvalue weighted by atomic mass is 19.3. The second-order valence-corrected chi connectivity index (χ2v) is 22.5. The first-order valence-corrected chi connectivity index (χ1v) is 30.2. The number of nitriles is 1. The number of likely N-dealkylation sites (tertiary alicyclic amines) is 1. The number of halogens is 2. The number of phenolic OH excluding ortho intramolecular Hbond substituents is 1. The summed E-state index contributed by atoms with van der Waals surface area (Å²) in [6.07, 6.45) is 6.96. The van der Waals surface area contributed by atoms with E-state index in [9.17, 15) is 72.8 Å². The average molecular weight is 1250 g/mol. The molecule has 8 N–H and O–H groups in total. The zero-order chi connectivity index (χ0) is 64.1. The van der Waals surface area contributed by atoms with E-state index >= 15 is 0 Å². The lowest BCUT2D eigenvalue weighted by molar-refractivity contribution is -0.140. The number of carbonyl (C=O) groups is 8. The number of benzene rings is 2. The number of fused-ring (bicyclic) bond motifs is 1. The zero-order valence-corrected chi connectivity index (χ0v) is 50.2. The second-order valence-electron chi connectivity index (χ2n) is 22.5. The molecule has 0 radical (unpaired) electrons. The minimum Gasteiger partial charge on any atom is -0.508 e. The molecular weight excluding hydrogens is 1160 g/mol. The van der Waals surface area contributed by atoms with Crippen LogP contribution < -0.4 is 26.1 Å². The van der Waals surface area contributed by atoms with Crippen molar-refractivity contribution in [2.75, 3.05) is 138 Å². The molecule has 0 saturated carbocycles. The van der Waals surface area contributed by atoms with Crippen LogP contribution in [-0.4, -0.2) is 269 Å². The quantitative estimate of drug-likeness (QED) is 0.0189. The van der Waals surface area contributed by atoms with Gasteiger partial charge in [-0.2, -0.15) is 10.4 Å². The van der Waals surface area contributed by atoms with Crippen LogP contribution in [0.3, 0.4) is 0 Å². The van der Waals surface area contributed by atoms with Crippen molar-refractivity contribution in [3.8, 4) is 17.6 Å². The molecule has 2 atom stereocenters. The molecule has 0 aliphatic carbocycles. The Morgan fingerprint density at radius 3 is 1.96 bits per heavy atom. The van der Waals surface area contributed by atoms with Crippen LogP contribution in [0.2, 0.25) is 0 Å². The molecule has 4 heterocycles. The van der Waals surface area contributed by atoms with E-state index in [1.165, 1.54) is 12.3 Å². The summed E-state index contributed by atoms with van der Waals surface area (Å²) in [5, 5.41) is 60.9. The van der Waals surface area contributed by atoms with Gasteiger partial charge in [-0.15, -0.1) is 0 Å². The topological polar surface area (TPSA) is 347 Å². The van der Waals surface area contributed by atoms with Crippen LogP contribution in [0.5, 0.6) is 11.5 Å². The molecule has 3 saturated heterocycles. The highest BCUT2D eigenvalue weighted by Crippen LogP contribution is 2.32. The van der Waals surface area contributed by atoms with Gasteiger partial charge in [-0.25, -0.2) is 8.78 Å². The molecule has 3 aromatic rings. The molecule has 3 fully saturated rings. The number of nitrogens with one attached hydrogen (secondary N) is 4. The van der Waals surface area contributed by atoms with Crippen LogP contribution in [0.15, 0.2) is 59.8 Å². The maximum Gasteiger partial charge on any atom is 0.317 e. The number of phenols is 1. The first kappa shape index (κ1) is 69.9. The van der Waals surface area contributed by atoms with Gasteiger partial charge in [0.05, 0.1) is 63.0 Å². The molecule has 1 unspecified atom stereocenters. The van der Waals surface area contributed by atoms with E-state index in [-0.39, 0.29) is 114 Å². The molecule has 486 valence electrons. The van der Waals surface area contributed by atoms with Crippen molar-refractivity contribution in [1.29, 1.82) is 5.26 Å². The van der Waals surface area contributed by atoms with Gasteiger partial charge in [0.1, 0.15) is 23.7 Å². The minimum absolute atomic E-state index is 0.0212. The van der Waals surface area contributed by atoms with Gasteiger partial charge in [0.2, 0.25) is 23.6 Å². The van der Waals surface area contributed by atoms with Crippen molar-refractivity contribution in [1.82, 2.24) is 60.7 Å². The van der Waals surface area contributed by atoms with Crippen molar-refractivity contribution < 1.29 is 72.3 Å². The lowest BCUT2D eigenvalue weighted by Gasteiger charge is -2.34. The summed E-state index contributed by atoms with van der Waals surface area (Å²) in [5.41, 5.74) is 4.76. The molecule has 6 rings (SSSR count). The smallest absolute Gasteiger partial charge is 0.317 e. The number of hydrazone groups is 1. The van der Waals surface area contributed by atoms with Crippen molar-refractivity contribution in [3.05, 3.63) is 65.9 Å². The van der Waals surface area contributed by atoms with Crippen molar-refractivity contribution in [2.45, 2.75) is 88.8 Å². The molecule has 89 heavy (non-hydrogen) atoms. The Morgan fingerprint density at radius 2 is 1.34 bits per heavy atom. The number of nitrogens with zero attached hydrogens (tertiary/aromatic N) is 10. The predicted octanol–water partition coefficient (Wildman–Crippen LogP) is 1.32. The minimum atomic E-state index is -3.18. The standard InChI is InChI=1S/C60H84F2N14O13/c61-60(62)36-45(37-63)76(43-60)55(81)38-66-59(88)48-17-20-64-50-16-15-47(35-49(48)50)89-34-4-3-21-70-30-32-75(33-31-70)54(80)10-6-19-67-69-51(8-1-2-18-65-52(78)9-5-7-44-11-13-46(77)14-12-44)68-53(79)39-71-22-24-72(40-56(82)83)26-28-74(42-58(86)87)29-27-73(25-23-71)41-57(84)85/h11-17,19-20,35,45,51,69,77H,1-10,18,21-34,36,38-43H2,(H,65,78)(H,66,88)(H,68,79)(H,82,83)(H,84,85)(H,86,87)/b67-19+/t45-,51?/m1/s1. The zero-order valence-electron chi connectivity index (χ0n) is 50.2. The van der Waals surface area contributed by atoms with Crippen molar-refractivity contribution in [3.63, 3.8) is 0 Å². The molecule has 0 spiro atoms. The van der Waals surface area contributed by atoms with Crippen LogP contribution >= 0.6 is 0 Å². The first-order valence-electron chi connectivity index (χ1n) is 30.2. The number of amides is 5. The number of piperazine rings is 1. The number of carboxylic acid groups (broad SMARTS) is 3. The Balaban J connectivity index is 0.936. The van der Waals surface area contributed by atoms with Gasteiger partial charge in [0.25, 0.3) is 11.8 Å². The van der Waals surface area contributed by atoms with Crippen LogP contribution in [-0.2, 0) is 40.0 Å². The molecule has 1 aromatic heterocycles. The van der Waals surface area contributed by atoms with Gasteiger partial charge < -0.3 is 50.9 Å². The summed E-state index contributed by atoms with van der Waals surface area (Å²) in [7, 11) is 0. The number of aryl methyl sites for hydroxylation is 1. The Kier molecular flexibility index (Phi) is 28.6. The van der Waals surface area contributed by atoms with E-state index in [1.807, 2.05) is 21.9 Å². The fourth-order valence-electron chi connectivity index (χ4n) is 10.7. The molecule has 3 aliphatic rings. The number of carbonyl (C=O) groups excluding carboxylic acids is 5. The Bertz CT molecular complexity index is 2880. The van der Waals surface area contributed by atoms with E-state index < -0.39 is 67.4 Å². The average Bonchev–Trinajstić information content (AvgIpc) is 3.88. The van der Waals surface area contributed by atoms with Crippen LogP contribution in [0.1, 0.15) is 80.1 Å². The van der Waals surface area contributed by atoms with Crippen molar-refractivity contribution in [2.24, 2.45) is 5.10 Å². The number of aliphatic carboxylic acids is 3. The summed E-state index contributed by atoms with van der Waals surface area (Å²) in [6, 6.07) is 13.9. The first-order chi connectivity index (χ1) is 42.7. The molecule has 29 heteroatoms. The number of unbranched alkanes of at least 4 members (excludes halogenated alkanes) is 2. The van der Waals surface area contributed by atoms with E-state index in [4.69, 9.17) is 4.74 Å². The highest BCUT2D eigenvalue weighted by Gasteiger charge is 2.47. The lowest BCUT2D eigenvalue weighted by Crippen LogP contribution is -2.51. The normalized spacial score (nSPS) is 17.9. The predicted molar refractivity (Wildman–Crippen MR) is 322 cm³/mol. The molecule has 3 aliphatic heterocycles. The van der Waals surface area contributed by atoms with Crippen LogP contribution in [0.4, 0.5) is 8.78 Å². The number of pyridine rings is 1. The molecule has 2 aromatic carbocycles. The SMILES string of the molecule is N#C[C@H]1CC(F)(F)CN1C(=O)CNC(=O)c1ccnc2ccc(OCCCCN3CCN(C(=O)CC/C=N/NC(CCCCNC(=O)CCCc4ccc(O)cc4)NC(=O)CN4CCN(CC(=O)O)CCN(CC(=O)O)CCN(CC(=O)O)CC4)CC3)cc12. The van der Waals surface area contributed by atoms with Crippen LogP contribution in [0.25, 0.3) is 10.9 Å². The van der Waals surface area contributed by atoms with Crippen LogP contribution in [0, 0.1) is 11.3 Å². The van der Waals surface area contributed by atoms with Gasteiger partial charge in [-0.3, -0.25) is 73.3 Å². The van der Waals surface area contributed by atoms with E-state index in [2.05, 4.69) is 36.4 Å². The van der Waals surface area contributed by atoms with E-state index in [0.29, 0.717) is 101 Å². The number of hydrogen-bond donors (Lipinski definition) is 8. The lowest BCUT2D eigenvalue weighted by atomic mass is 10.1. The number of aromatic nitrogens is 1. The molecular formula is C60H84F2N14O13. The van der Waals surface area contributed by atoms with Crippen molar-refractivity contribution >= 4 is 64.6 Å². The summed E-state index contributed by atoms with van der Waals surface area (Å²) >= 11 is 0. The summed E-state index contributed by atoms with van der Waals surface area (Å²) < 4.78 is 33.8. The summed E-state index contributed by atoms with van der Waals surface area (Å²) in [5.74, 6) is -7.56. The van der Waals surface area contributed by atoms with Gasteiger partial charge in [-0.05, 0) is 99.9 Å². The number of rotatable bonds is 32. The maximum absolute atomic E-state index is 13.9. The third-order valence-electron chi connectivity index (χ3n) is 15.5. The Morgan fingerprint density at radius 1 is 0.719 bits per heavy atom. The van der Waals surface area contributed by atoms with Gasteiger partial charge >= 0.3 is 17.9 Å². The second kappa shape index (κ2) is 36.3. The molecule has 5 amide bonds. The molecule has 0 bridgehead atoms. The third-order valence-corrected chi connectivity index (χ3v) is 15.5. The van der Waals surface area contributed by atoms with Gasteiger partial charge in [0, 0.05) is 122 Å².